The molecule has 15 nitrogen and oxygen atoms in total. The summed E-state index contributed by atoms with van der Waals surface area (Å²) in [6, 6.07) is 3.03. The van der Waals surface area contributed by atoms with Gasteiger partial charge in [-0.05, 0) is 55.7 Å². The summed E-state index contributed by atoms with van der Waals surface area (Å²) in [4.78, 5) is 69.4. The molecule has 0 saturated heterocycles. The maximum absolute atomic E-state index is 13.4. The van der Waals surface area contributed by atoms with Crippen molar-refractivity contribution in [3.05, 3.63) is 36.0 Å². The molecule has 4 unspecified atom stereocenters. The molecule has 2 rings (SSSR count). The zero-order valence-corrected chi connectivity index (χ0v) is 24.8. The van der Waals surface area contributed by atoms with E-state index in [0.717, 1.165) is 16.5 Å². The standard InChI is InChI=1S/C27H41N9O6S/c1-43-12-10-20(34-23(38)17(28)13-15-14-33-18-6-3-2-5-16(15)18)25(40)35-19(7-4-11-32-27(30)31)24(39)36-21(26(41)42)8-9-22(29)37/h2-3,5-6,14,17,19-21,33H,4,7-13,28H2,1H3,(H2,29,37)(H,34,38)(H,35,40)(H,36,39)(H,41,42)(H4,30,31,32). The normalized spacial score (nSPS) is 13.7. The second-order valence-electron chi connectivity index (χ2n) is 9.93. The minimum Gasteiger partial charge on any atom is -0.480 e. The third kappa shape index (κ3) is 11.8. The van der Waals surface area contributed by atoms with Gasteiger partial charge in [-0.25, -0.2) is 4.79 Å². The van der Waals surface area contributed by atoms with E-state index >= 15 is 0 Å². The number of aromatic nitrogens is 1. The van der Waals surface area contributed by atoms with E-state index in [2.05, 4.69) is 25.9 Å². The molecular formula is C27H41N9O6S. The number of aliphatic imine (C=N–C) groups is 1. The molecule has 0 spiro atoms. The Labute approximate surface area is 253 Å². The van der Waals surface area contributed by atoms with Gasteiger partial charge in [0.05, 0.1) is 6.04 Å². The topological polar surface area (TPSA) is 274 Å². The number of primary amides is 1. The highest BCUT2D eigenvalue weighted by molar-refractivity contribution is 7.98. The van der Waals surface area contributed by atoms with Gasteiger partial charge in [-0.3, -0.25) is 24.2 Å². The molecule has 0 radical (unpaired) electrons. The van der Waals surface area contributed by atoms with Gasteiger partial charge in [0, 0.05) is 30.1 Å². The minimum absolute atomic E-state index is 0.0553. The predicted molar refractivity (Wildman–Crippen MR) is 165 cm³/mol. The van der Waals surface area contributed by atoms with Crippen molar-refractivity contribution in [2.24, 2.45) is 27.9 Å². The zero-order chi connectivity index (χ0) is 31.9. The number of carbonyl (C=O) groups is 5. The Morgan fingerprint density at radius 3 is 2.19 bits per heavy atom. The smallest absolute Gasteiger partial charge is 0.326 e. The maximum atomic E-state index is 13.4. The van der Waals surface area contributed by atoms with Crippen LogP contribution in [0.25, 0.3) is 10.9 Å². The third-order valence-corrected chi connectivity index (χ3v) is 7.21. The second-order valence-corrected chi connectivity index (χ2v) is 10.9. The average molecular weight is 620 g/mol. The first-order chi connectivity index (χ1) is 20.4. The van der Waals surface area contributed by atoms with Gasteiger partial charge in [-0.2, -0.15) is 11.8 Å². The fraction of sp³-hybridized carbons (Fsp3) is 0.481. The highest BCUT2D eigenvalue weighted by Crippen LogP contribution is 2.19. The first-order valence-electron chi connectivity index (χ1n) is 13.7. The minimum atomic E-state index is -1.41. The Balaban J connectivity index is 2.15. The fourth-order valence-electron chi connectivity index (χ4n) is 4.27. The molecule has 0 bridgehead atoms. The molecule has 43 heavy (non-hydrogen) atoms. The molecule has 13 N–H and O–H groups in total. The lowest BCUT2D eigenvalue weighted by molar-refractivity contribution is -0.142. The van der Waals surface area contributed by atoms with Crippen LogP contribution in [0.4, 0.5) is 0 Å². The van der Waals surface area contributed by atoms with E-state index in [1.807, 2.05) is 30.5 Å². The largest absolute Gasteiger partial charge is 0.480 e. The van der Waals surface area contributed by atoms with Crippen LogP contribution in [0.2, 0.25) is 0 Å². The molecule has 0 fully saturated rings. The van der Waals surface area contributed by atoms with Gasteiger partial charge >= 0.3 is 5.97 Å². The van der Waals surface area contributed by atoms with E-state index in [9.17, 15) is 29.1 Å². The van der Waals surface area contributed by atoms with Crippen LogP contribution in [-0.2, 0) is 30.4 Å². The maximum Gasteiger partial charge on any atom is 0.326 e. The number of guanidine groups is 1. The summed E-state index contributed by atoms with van der Waals surface area (Å²) in [5.74, 6) is -3.70. The number of carboxylic acids is 1. The van der Waals surface area contributed by atoms with Crippen molar-refractivity contribution in [1.82, 2.24) is 20.9 Å². The lowest BCUT2D eigenvalue weighted by Crippen LogP contribution is -2.57. The van der Waals surface area contributed by atoms with Gasteiger partial charge in [0.2, 0.25) is 23.6 Å². The quantitative estimate of drug-likeness (QED) is 0.0506. The number of para-hydroxylation sites is 1. The molecule has 236 valence electrons. The molecule has 0 aliphatic heterocycles. The number of nitrogens with two attached hydrogens (primary N) is 4. The average Bonchev–Trinajstić information content (AvgIpc) is 3.36. The van der Waals surface area contributed by atoms with Gasteiger partial charge in [0.15, 0.2) is 5.96 Å². The number of carbonyl (C=O) groups excluding carboxylic acids is 4. The van der Waals surface area contributed by atoms with Crippen LogP contribution in [0.5, 0.6) is 0 Å². The van der Waals surface area contributed by atoms with Gasteiger partial charge in [0.1, 0.15) is 18.1 Å². The molecule has 0 saturated carbocycles. The highest BCUT2D eigenvalue weighted by Gasteiger charge is 2.30. The van der Waals surface area contributed by atoms with Gasteiger partial charge in [-0.15, -0.1) is 0 Å². The number of thioether (sulfide) groups is 1. The monoisotopic (exact) mass is 619 g/mol. The van der Waals surface area contributed by atoms with Crippen LogP contribution in [0, 0.1) is 0 Å². The highest BCUT2D eigenvalue weighted by atomic mass is 32.2. The van der Waals surface area contributed by atoms with Gasteiger partial charge in [-0.1, -0.05) is 18.2 Å². The molecule has 0 aliphatic carbocycles. The van der Waals surface area contributed by atoms with Crippen LogP contribution < -0.4 is 38.9 Å². The molecule has 4 atom stereocenters. The SMILES string of the molecule is CSCCC(NC(=O)C(N)Cc1c[nH]c2ccccc12)C(=O)NC(CCCN=C(N)N)C(=O)NC(CCC(N)=O)C(=O)O. The van der Waals surface area contributed by atoms with E-state index in [4.69, 9.17) is 22.9 Å². The van der Waals surface area contributed by atoms with Crippen molar-refractivity contribution in [2.45, 2.75) is 62.7 Å². The van der Waals surface area contributed by atoms with E-state index in [0.29, 0.717) is 5.75 Å². The van der Waals surface area contributed by atoms with Crippen LogP contribution in [-0.4, -0.2) is 88.4 Å². The lowest BCUT2D eigenvalue weighted by Gasteiger charge is -2.25. The first kappa shape index (κ1) is 34.9. The zero-order valence-electron chi connectivity index (χ0n) is 24.0. The summed E-state index contributed by atoms with van der Waals surface area (Å²) in [6.07, 6.45) is 3.94. The summed E-state index contributed by atoms with van der Waals surface area (Å²) in [7, 11) is 0. The van der Waals surface area contributed by atoms with Crippen LogP contribution in [0.3, 0.4) is 0 Å². The molecule has 16 heteroatoms. The van der Waals surface area contributed by atoms with Crippen molar-refractivity contribution in [2.75, 3.05) is 18.6 Å². The summed E-state index contributed by atoms with van der Waals surface area (Å²) < 4.78 is 0. The van der Waals surface area contributed by atoms with Crippen molar-refractivity contribution in [1.29, 1.82) is 0 Å². The Kier molecular flexibility index (Phi) is 14.3. The number of carboxylic acid groups (broad SMARTS) is 1. The Morgan fingerprint density at radius 2 is 1.56 bits per heavy atom. The van der Waals surface area contributed by atoms with E-state index in [-0.39, 0.29) is 51.0 Å². The third-order valence-electron chi connectivity index (χ3n) is 6.57. The molecule has 0 aliphatic rings. The number of hydrogen-bond donors (Lipinski definition) is 9. The number of nitrogens with one attached hydrogen (secondary N) is 4. The summed E-state index contributed by atoms with van der Waals surface area (Å²) >= 11 is 1.46. The first-order valence-corrected chi connectivity index (χ1v) is 15.1. The predicted octanol–water partition coefficient (Wildman–Crippen LogP) is -1.35. The van der Waals surface area contributed by atoms with Gasteiger partial charge in [0.25, 0.3) is 0 Å². The van der Waals surface area contributed by atoms with Crippen LogP contribution in [0.15, 0.2) is 35.5 Å². The van der Waals surface area contributed by atoms with E-state index in [1.165, 1.54) is 11.8 Å². The van der Waals surface area contributed by atoms with E-state index < -0.39 is 53.8 Å². The van der Waals surface area contributed by atoms with E-state index in [1.54, 1.807) is 6.20 Å². The van der Waals surface area contributed by atoms with Crippen molar-refractivity contribution < 1.29 is 29.1 Å². The molecule has 1 aromatic carbocycles. The van der Waals surface area contributed by atoms with Crippen LogP contribution in [0.1, 0.15) is 37.7 Å². The van der Waals surface area contributed by atoms with Crippen LogP contribution >= 0.6 is 11.8 Å². The number of aliphatic carboxylic acids is 1. The Hall–Kier alpha value is -4.31. The summed E-state index contributed by atoms with van der Waals surface area (Å²) in [6.45, 7) is 0.154. The number of benzene rings is 1. The number of fused-ring (bicyclic) bond motifs is 1. The second kappa shape index (κ2) is 17.6. The summed E-state index contributed by atoms with van der Waals surface area (Å²) in [5.41, 5.74) is 23.8. The molecular weight excluding hydrogens is 578 g/mol. The number of nitrogens with zero attached hydrogens (tertiary/aromatic N) is 1. The fourth-order valence-corrected chi connectivity index (χ4v) is 4.75. The number of rotatable bonds is 19. The van der Waals surface area contributed by atoms with Crippen molar-refractivity contribution in [3.63, 3.8) is 0 Å². The Morgan fingerprint density at radius 1 is 0.930 bits per heavy atom. The number of aromatic amines is 1. The number of H-pyrrole nitrogens is 1. The number of amides is 4. The van der Waals surface area contributed by atoms with Gasteiger partial charge < -0.3 is 49.0 Å². The molecule has 1 heterocycles. The molecule has 4 amide bonds. The molecule has 2 aromatic rings. The van der Waals surface area contributed by atoms with Crippen molar-refractivity contribution in [3.8, 4) is 0 Å². The number of hydrogen-bond acceptors (Lipinski definition) is 8. The van der Waals surface area contributed by atoms with Crippen molar-refractivity contribution >= 4 is 58.2 Å². The summed E-state index contributed by atoms with van der Waals surface area (Å²) in [5, 5.41) is 18.1. The lowest BCUT2D eigenvalue weighted by atomic mass is 10.0. The Bertz CT molecular complexity index is 1300. The molecule has 1 aromatic heterocycles.